The van der Waals surface area contributed by atoms with Crippen LogP contribution in [-0.2, 0) is 9.47 Å². The van der Waals surface area contributed by atoms with E-state index in [0.29, 0.717) is 12.7 Å². The van der Waals surface area contributed by atoms with E-state index in [1.54, 1.807) is 6.08 Å². The maximum Gasteiger partial charge on any atom is 0.219 e. The number of hydrogen-bond acceptors (Lipinski definition) is 3. The molecule has 1 saturated carbocycles. The van der Waals surface area contributed by atoms with E-state index in [4.69, 9.17) is 9.47 Å². The number of rotatable bonds is 6. The van der Waals surface area contributed by atoms with Crippen LogP contribution in [0.1, 0.15) is 44.9 Å². The van der Waals surface area contributed by atoms with Crippen molar-refractivity contribution in [2.75, 3.05) is 19.7 Å². The first-order valence-electron chi connectivity index (χ1n) is 7.02. The van der Waals surface area contributed by atoms with Crippen molar-refractivity contribution in [3.8, 4) is 0 Å². The topological polar surface area (TPSA) is 21.7 Å². The van der Waals surface area contributed by atoms with Crippen LogP contribution >= 0.6 is 0 Å². The van der Waals surface area contributed by atoms with Crippen LogP contribution in [0.3, 0.4) is 0 Å². The molecule has 3 heteroatoms. The van der Waals surface area contributed by atoms with Gasteiger partial charge in [0.2, 0.25) is 6.41 Å². The average Bonchev–Trinajstić information content (AvgIpc) is 2.89. The third kappa shape index (κ3) is 4.09. The molecule has 1 aliphatic carbocycles. The molecule has 1 aliphatic heterocycles. The molecular weight excluding hydrogens is 214 g/mol. The molecule has 0 N–H and O–H groups in total. The van der Waals surface area contributed by atoms with Crippen molar-refractivity contribution >= 4 is 0 Å². The largest absolute Gasteiger partial charge is 0.336 e. The Morgan fingerprint density at radius 1 is 1.12 bits per heavy atom. The second kappa shape index (κ2) is 7.14. The molecule has 0 aromatic rings. The molecule has 1 saturated heterocycles. The van der Waals surface area contributed by atoms with Gasteiger partial charge in [0.05, 0.1) is 12.7 Å². The molecule has 0 aromatic carbocycles. The SMILES string of the molecule is C=CCOC(OC1CCCCC1)N1CCCC1. The van der Waals surface area contributed by atoms with Crippen LogP contribution in [0.15, 0.2) is 12.7 Å². The van der Waals surface area contributed by atoms with Crippen molar-refractivity contribution in [3.63, 3.8) is 0 Å². The van der Waals surface area contributed by atoms with E-state index in [0.717, 1.165) is 13.1 Å². The summed E-state index contributed by atoms with van der Waals surface area (Å²) in [6.07, 6.45) is 11.0. The summed E-state index contributed by atoms with van der Waals surface area (Å²) in [6, 6.07) is 0. The Balaban J connectivity index is 1.82. The van der Waals surface area contributed by atoms with Gasteiger partial charge in [-0.1, -0.05) is 25.3 Å². The Bertz CT molecular complexity index is 220. The summed E-state index contributed by atoms with van der Waals surface area (Å²) in [5, 5.41) is 0. The number of hydrogen-bond donors (Lipinski definition) is 0. The Morgan fingerprint density at radius 3 is 2.47 bits per heavy atom. The summed E-state index contributed by atoms with van der Waals surface area (Å²) in [4.78, 5) is 2.32. The highest BCUT2D eigenvalue weighted by atomic mass is 16.7. The molecule has 0 aromatic heterocycles. The van der Waals surface area contributed by atoms with E-state index in [-0.39, 0.29) is 6.41 Å². The summed E-state index contributed by atoms with van der Waals surface area (Å²) >= 11 is 0. The van der Waals surface area contributed by atoms with E-state index >= 15 is 0 Å². The summed E-state index contributed by atoms with van der Waals surface area (Å²) in [5.41, 5.74) is 0. The summed E-state index contributed by atoms with van der Waals surface area (Å²) in [6.45, 7) is 6.50. The van der Waals surface area contributed by atoms with Gasteiger partial charge in [-0.25, -0.2) is 0 Å². The molecule has 2 fully saturated rings. The Morgan fingerprint density at radius 2 is 1.82 bits per heavy atom. The fourth-order valence-electron chi connectivity index (χ4n) is 2.70. The molecule has 1 heterocycles. The standard InChI is InChI=1S/C14H25NO2/c1-2-12-16-14(15-10-6-7-11-15)17-13-8-4-3-5-9-13/h2,13-14H,1,3-12H2. The van der Waals surface area contributed by atoms with Gasteiger partial charge >= 0.3 is 0 Å². The van der Waals surface area contributed by atoms with Gasteiger partial charge in [0.1, 0.15) is 0 Å². The van der Waals surface area contributed by atoms with Crippen molar-refractivity contribution in [2.24, 2.45) is 0 Å². The van der Waals surface area contributed by atoms with Gasteiger partial charge in [0.15, 0.2) is 0 Å². The highest BCUT2D eigenvalue weighted by Crippen LogP contribution is 2.24. The predicted octanol–water partition coefficient (Wildman–Crippen LogP) is 2.92. The number of nitrogens with zero attached hydrogens (tertiary/aromatic N) is 1. The second-order valence-electron chi connectivity index (χ2n) is 5.07. The monoisotopic (exact) mass is 239 g/mol. The molecule has 3 nitrogen and oxygen atoms in total. The Kier molecular flexibility index (Phi) is 5.49. The first kappa shape index (κ1) is 13.1. The lowest BCUT2D eigenvalue weighted by Gasteiger charge is -2.32. The molecule has 0 bridgehead atoms. The van der Waals surface area contributed by atoms with E-state index in [1.165, 1.54) is 44.9 Å². The van der Waals surface area contributed by atoms with Crippen molar-refractivity contribution in [3.05, 3.63) is 12.7 Å². The van der Waals surface area contributed by atoms with Crippen LogP contribution in [0.2, 0.25) is 0 Å². The van der Waals surface area contributed by atoms with Crippen molar-refractivity contribution < 1.29 is 9.47 Å². The highest BCUT2D eigenvalue weighted by Gasteiger charge is 2.26. The molecule has 17 heavy (non-hydrogen) atoms. The summed E-state index contributed by atoms with van der Waals surface area (Å²) < 4.78 is 11.9. The molecule has 0 spiro atoms. The molecule has 0 amide bonds. The third-order valence-corrected chi connectivity index (χ3v) is 3.66. The Labute approximate surface area is 105 Å². The van der Waals surface area contributed by atoms with E-state index < -0.39 is 0 Å². The third-order valence-electron chi connectivity index (χ3n) is 3.66. The maximum atomic E-state index is 6.13. The molecule has 1 atom stereocenters. The summed E-state index contributed by atoms with van der Waals surface area (Å²) in [5.74, 6) is 0. The van der Waals surface area contributed by atoms with Gasteiger partial charge in [0.25, 0.3) is 0 Å². The van der Waals surface area contributed by atoms with Gasteiger partial charge in [0, 0.05) is 13.1 Å². The minimum absolute atomic E-state index is 0.140. The minimum atomic E-state index is -0.140. The zero-order chi connectivity index (χ0) is 11.9. The average molecular weight is 239 g/mol. The van der Waals surface area contributed by atoms with Crippen LogP contribution < -0.4 is 0 Å². The lowest BCUT2D eigenvalue weighted by atomic mass is 9.98. The van der Waals surface area contributed by atoms with Gasteiger partial charge < -0.3 is 9.47 Å². The normalized spacial score (nSPS) is 24.9. The first-order valence-corrected chi connectivity index (χ1v) is 7.02. The van der Waals surface area contributed by atoms with Crippen LogP contribution in [0, 0.1) is 0 Å². The predicted molar refractivity (Wildman–Crippen MR) is 68.7 cm³/mol. The van der Waals surface area contributed by atoms with Crippen LogP contribution in [-0.4, -0.2) is 37.1 Å². The molecule has 1 unspecified atom stereocenters. The zero-order valence-corrected chi connectivity index (χ0v) is 10.8. The van der Waals surface area contributed by atoms with Crippen molar-refractivity contribution in [1.29, 1.82) is 0 Å². The van der Waals surface area contributed by atoms with Gasteiger partial charge in [-0.15, -0.1) is 6.58 Å². The van der Waals surface area contributed by atoms with Crippen molar-refractivity contribution in [1.82, 2.24) is 4.90 Å². The lowest BCUT2D eigenvalue weighted by molar-refractivity contribution is -0.239. The van der Waals surface area contributed by atoms with E-state index in [1.807, 2.05) is 0 Å². The van der Waals surface area contributed by atoms with Crippen LogP contribution in [0.5, 0.6) is 0 Å². The molecule has 98 valence electrons. The number of ether oxygens (including phenoxy) is 2. The molecule has 2 aliphatic rings. The quantitative estimate of drug-likeness (QED) is 0.525. The lowest BCUT2D eigenvalue weighted by Crippen LogP contribution is -2.40. The second-order valence-corrected chi connectivity index (χ2v) is 5.07. The van der Waals surface area contributed by atoms with Gasteiger partial charge in [-0.2, -0.15) is 0 Å². The Hall–Kier alpha value is -0.380. The van der Waals surface area contributed by atoms with Gasteiger partial charge in [-0.3, -0.25) is 4.90 Å². The maximum absolute atomic E-state index is 6.13. The minimum Gasteiger partial charge on any atom is -0.336 e. The van der Waals surface area contributed by atoms with E-state index in [2.05, 4.69) is 11.5 Å². The fraction of sp³-hybridized carbons (Fsp3) is 0.857. The fourth-order valence-corrected chi connectivity index (χ4v) is 2.70. The molecule has 2 rings (SSSR count). The van der Waals surface area contributed by atoms with Crippen LogP contribution in [0.25, 0.3) is 0 Å². The highest BCUT2D eigenvalue weighted by molar-refractivity contribution is 4.71. The van der Waals surface area contributed by atoms with E-state index in [9.17, 15) is 0 Å². The molecular formula is C14H25NO2. The number of likely N-dealkylation sites (tertiary alicyclic amines) is 1. The smallest absolute Gasteiger partial charge is 0.219 e. The van der Waals surface area contributed by atoms with Crippen molar-refractivity contribution in [2.45, 2.75) is 57.5 Å². The summed E-state index contributed by atoms with van der Waals surface area (Å²) in [7, 11) is 0. The first-order chi connectivity index (χ1) is 8.40. The van der Waals surface area contributed by atoms with Gasteiger partial charge in [-0.05, 0) is 25.7 Å². The zero-order valence-electron chi connectivity index (χ0n) is 10.8. The molecule has 0 radical (unpaired) electrons. The van der Waals surface area contributed by atoms with Crippen LogP contribution in [0.4, 0.5) is 0 Å².